The second kappa shape index (κ2) is 6.55. The summed E-state index contributed by atoms with van der Waals surface area (Å²) in [6.45, 7) is 3.54. The van der Waals surface area contributed by atoms with Crippen LogP contribution in [0.1, 0.15) is 43.5 Å². The Morgan fingerprint density at radius 3 is 3.00 bits per heavy atom. The molecule has 0 saturated carbocycles. The second-order valence-electron chi connectivity index (χ2n) is 4.95. The van der Waals surface area contributed by atoms with Crippen molar-refractivity contribution in [3.05, 3.63) is 35.2 Å². The van der Waals surface area contributed by atoms with Gasteiger partial charge in [-0.3, -0.25) is 4.98 Å². The summed E-state index contributed by atoms with van der Waals surface area (Å²) in [6.07, 6.45) is 8.69. The third-order valence-electron chi connectivity index (χ3n) is 3.39. The van der Waals surface area contributed by atoms with Crippen LogP contribution in [0.2, 0.25) is 0 Å². The average molecular weight is 246 g/mol. The lowest BCUT2D eigenvalue weighted by Crippen LogP contribution is -2.16. The van der Waals surface area contributed by atoms with Gasteiger partial charge in [0.1, 0.15) is 5.75 Å². The molecule has 0 amide bonds. The van der Waals surface area contributed by atoms with Crippen LogP contribution in [0.3, 0.4) is 0 Å². The lowest BCUT2D eigenvalue weighted by molar-refractivity contribution is 0.459. The first-order valence-corrected chi connectivity index (χ1v) is 6.80. The Balaban J connectivity index is 1.74. The monoisotopic (exact) mass is 246 g/mol. The van der Waals surface area contributed by atoms with Crippen molar-refractivity contribution in [1.29, 1.82) is 0 Å². The molecule has 0 spiro atoms. The fraction of sp³-hybridized carbons (Fsp3) is 0.533. The van der Waals surface area contributed by atoms with E-state index in [1.807, 2.05) is 13.0 Å². The van der Waals surface area contributed by atoms with Gasteiger partial charge in [0.05, 0.1) is 5.69 Å². The molecule has 0 fully saturated rings. The maximum atomic E-state index is 9.67. The molecule has 0 saturated heterocycles. The van der Waals surface area contributed by atoms with Crippen molar-refractivity contribution in [3.63, 3.8) is 0 Å². The van der Waals surface area contributed by atoms with Crippen LogP contribution in [0.5, 0.6) is 5.75 Å². The Morgan fingerprint density at radius 1 is 1.33 bits per heavy atom. The lowest BCUT2D eigenvalue weighted by Gasteiger charge is -2.13. The molecule has 0 aliphatic heterocycles. The van der Waals surface area contributed by atoms with Gasteiger partial charge in [-0.15, -0.1) is 0 Å². The summed E-state index contributed by atoms with van der Waals surface area (Å²) in [5.41, 5.74) is 3.27. The minimum Gasteiger partial charge on any atom is -0.506 e. The van der Waals surface area contributed by atoms with Gasteiger partial charge in [-0.2, -0.15) is 0 Å². The number of hydrogen-bond acceptors (Lipinski definition) is 3. The lowest BCUT2D eigenvalue weighted by atomic mass is 9.97. The van der Waals surface area contributed by atoms with Gasteiger partial charge in [0.15, 0.2) is 0 Å². The van der Waals surface area contributed by atoms with Crippen LogP contribution in [-0.4, -0.2) is 16.6 Å². The molecule has 98 valence electrons. The Kier molecular flexibility index (Phi) is 4.76. The maximum absolute atomic E-state index is 9.67. The van der Waals surface area contributed by atoms with Crippen LogP contribution in [0.4, 0.5) is 0 Å². The van der Waals surface area contributed by atoms with Gasteiger partial charge < -0.3 is 10.4 Å². The van der Waals surface area contributed by atoms with Crippen LogP contribution < -0.4 is 5.32 Å². The van der Waals surface area contributed by atoms with E-state index in [-0.39, 0.29) is 5.75 Å². The predicted octanol–water partition coefficient (Wildman–Crippen LogP) is 3.08. The first kappa shape index (κ1) is 13.1. The van der Waals surface area contributed by atoms with Crippen molar-refractivity contribution in [2.75, 3.05) is 6.54 Å². The van der Waals surface area contributed by atoms with Gasteiger partial charge >= 0.3 is 0 Å². The quantitative estimate of drug-likeness (QED) is 0.620. The third kappa shape index (κ3) is 3.84. The fourth-order valence-electron chi connectivity index (χ4n) is 2.32. The minimum atomic E-state index is 0.282. The smallest absolute Gasteiger partial charge is 0.138 e. The Morgan fingerprint density at radius 2 is 2.22 bits per heavy atom. The van der Waals surface area contributed by atoms with Crippen molar-refractivity contribution >= 4 is 0 Å². The van der Waals surface area contributed by atoms with Crippen molar-refractivity contribution in [3.8, 4) is 5.75 Å². The number of aryl methyl sites for hydroxylation is 1. The molecule has 1 aliphatic rings. The van der Waals surface area contributed by atoms with Crippen molar-refractivity contribution in [1.82, 2.24) is 10.3 Å². The Hall–Kier alpha value is -1.35. The molecule has 18 heavy (non-hydrogen) atoms. The molecule has 3 nitrogen and oxygen atoms in total. The van der Waals surface area contributed by atoms with E-state index in [9.17, 15) is 5.11 Å². The SMILES string of the molecule is Cc1ccc(O)c(CNCCC2=CCCCC2)n1. The van der Waals surface area contributed by atoms with E-state index in [1.165, 1.54) is 25.7 Å². The fourth-order valence-corrected chi connectivity index (χ4v) is 2.32. The number of aromatic nitrogens is 1. The number of rotatable bonds is 5. The Labute approximate surface area is 109 Å². The third-order valence-corrected chi connectivity index (χ3v) is 3.39. The molecule has 0 aromatic carbocycles. The van der Waals surface area contributed by atoms with Gasteiger partial charge in [0.2, 0.25) is 0 Å². The zero-order chi connectivity index (χ0) is 12.8. The zero-order valence-corrected chi connectivity index (χ0v) is 11.1. The number of nitrogens with zero attached hydrogens (tertiary/aromatic N) is 1. The highest BCUT2D eigenvalue weighted by atomic mass is 16.3. The van der Waals surface area contributed by atoms with E-state index < -0.39 is 0 Å². The molecule has 0 unspecified atom stereocenters. The van der Waals surface area contributed by atoms with Crippen molar-refractivity contribution < 1.29 is 5.11 Å². The second-order valence-corrected chi connectivity index (χ2v) is 4.95. The van der Waals surface area contributed by atoms with E-state index in [0.717, 1.165) is 24.4 Å². The normalized spacial score (nSPS) is 15.5. The highest BCUT2D eigenvalue weighted by molar-refractivity contribution is 5.27. The molecule has 1 aromatic heterocycles. The highest BCUT2D eigenvalue weighted by Crippen LogP contribution is 2.19. The first-order valence-electron chi connectivity index (χ1n) is 6.80. The molecule has 1 heterocycles. The van der Waals surface area contributed by atoms with Crippen LogP contribution in [-0.2, 0) is 6.54 Å². The maximum Gasteiger partial charge on any atom is 0.138 e. The number of allylic oxidation sites excluding steroid dienone is 1. The topological polar surface area (TPSA) is 45.1 Å². The van der Waals surface area contributed by atoms with Gasteiger partial charge in [-0.25, -0.2) is 0 Å². The summed E-state index contributed by atoms with van der Waals surface area (Å²) in [7, 11) is 0. The van der Waals surface area contributed by atoms with Gasteiger partial charge in [0.25, 0.3) is 0 Å². The molecule has 1 aromatic rings. The van der Waals surface area contributed by atoms with Crippen LogP contribution in [0.25, 0.3) is 0 Å². The average Bonchev–Trinajstić information content (AvgIpc) is 2.40. The number of hydrogen-bond donors (Lipinski definition) is 2. The van der Waals surface area contributed by atoms with Crippen LogP contribution in [0.15, 0.2) is 23.8 Å². The van der Waals surface area contributed by atoms with E-state index >= 15 is 0 Å². The molecular formula is C15H22N2O. The van der Waals surface area contributed by atoms with Gasteiger partial charge in [-0.1, -0.05) is 11.6 Å². The van der Waals surface area contributed by atoms with E-state index in [1.54, 1.807) is 11.6 Å². The molecule has 0 atom stereocenters. The molecule has 0 radical (unpaired) electrons. The molecule has 2 rings (SSSR count). The Bertz CT molecular complexity index is 427. The van der Waals surface area contributed by atoms with E-state index in [0.29, 0.717) is 6.54 Å². The molecule has 2 N–H and O–H groups in total. The van der Waals surface area contributed by atoms with Crippen LogP contribution >= 0.6 is 0 Å². The van der Waals surface area contributed by atoms with E-state index in [4.69, 9.17) is 0 Å². The van der Waals surface area contributed by atoms with Crippen molar-refractivity contribution in [2.24, 2.45) is 0 Å². The van der Waals surface area contributed by atoms with Gasteiger partial charge in [-0.05, 0) is 57.7 Å². The largest absolute Gasteiger partial charge is 0.506 e. The number of nitrogens with one attached hydrogen (secondary N) is 1. The summed E-state index contributed by atoms with van der Waals surface area (Å²) in [6, 6.07) is 3.54. The number of pyridine rings is 1. The summed E-state index contributed by atoms with van der Waals surface area (Å²) >= 11 is 0. The summed E-state index contributed by atoms with van der Waals surface area (Å²) in [4.78, 5) is 4.33. The predicted molar refractivity (Wildman–Crippen MR) is 73.5 cm³/mol. The summed E-state index contributed by atoms with van der Waals surface area (Å²) in [5, 5.41) is 13.0. The molecule has 1 aliphatic carbocycles. The standard InChI is InChI=1S/C15H22N2O/c1-12-7-8-15(18)14(17-12)11-16-10-9-13-5-3-2-4-6-13/h5,7-8,16,18H,2-4,6,9-11H2,1H3. The number of aromatic hydroxyl groups is 1. The van der Waals surface area contributed by atoms with Crippen LogP contribution in [0, 0.1) is 6.92 Å². The molecule has 3 heteroatoms. The highest BCUT2D eigenvalue weighted by Gasteiger charge is 2.05. The van der Waals surface area contributed by atoms with Gasteiger partial charge in [0, 0.05) is 12.2 Å². The van der Waals surface area contributed by atoms with Crippen molar-refractivity contribution in [2.45, 2.75) is 45.6 Å². The first-order chi connectivity index (χ1) is 8.75. The zero-order valence-electron chi connectivity index (χ0n) is 11.1. The minimum absolute atomic E-state index is 0.282. The summed E-state index contributed by atoms with van der Waals surface area (Å²) < 4.78 is 0. The molecular weight excluding hydrogens is 224 g/mol. The molecule has 0 bridgehead atoms. The van der Waals surface area contributed by atoms with E-state index in [2.05, 4.69) is 16.4 Å². The summed E-state index contributed by atoms with van der Waals surface area (Å²) in [5.74, 6) is 0.282.